The molecule has 0 aliphatic heterocycles. The molecule has 0 saturated carbocycles. The standard InChI is InChI=1S/C23H16N2O/c24-15-20-7-4-8-21(14-20)22(16-25)13-18-9-11-23(12-10-18)26-17-19-5-2-1-3-6-19/h1-14H,17H2. The predicted molar refractivity (Wildman–Crippen MR) is 102 cm³/mol. The van der Waals surface area contributed by atoms with Gasteiger partial charge in [0, 0.05) is 0 Å². The zero-order valence-corrected chi connectivity index (χ0v) is 14.1. The van der Waals surface area contributed by atoms with Crippen LogP contribution in [0.3, 0.4) is 0 Å². The SMILES string of the molecule is N#CC(=Cc1ccc(OCc2ccccc2)cc1)c1cccc(C#N)c1. The van der Waals surface area contributed by atoms with Gasteiger partial charge in [-0.15, -0.1) is 0 Å². The number of rotatable bonds is 5. The van der Waals surface area contributed by atoms with Gasteiger partial charge in [-0.1, -0.05) is 54.6 Å². The van der Waals surface area contributed by atoms with Crippen molar-refractivity contribution in [2.24, 2.45) is 0 Å². The van der Waals surface area contributed by atoms with E-state index in [-0.39, 0.29) is 0 Å². The Kier molecular flexibility index (Phi) is 5.45. The molecule has 124 valence electrons. The molecule has 26 heavy (non-hydrogen) atoms. The summed E-state index contributed by atoms with van der Waals surface area (Å²) in [6.45, 7) is 0.514. The van der Waals surface area contributed by atoms with E-state index in [1.165, 1.54) is 0 Å². The van der Waals surface area contributed by atoms with Crippen LogP contribution in [-0.2, 0) is 6.61 Å². The van der Waals surface area contributed by atoms with Crippen molar-refractivity contribution >= 4 is 11.6 Å². The average molecular weight is 336 g/mol. The number of benzene rings is 3. The van der Waals surface area contributed by atoms with Gasteiger partial charge in [0.05, 0.1) is 23.3 Å². The van der Waals surface area contributed by atoms with E-state index < -0.39 is 0 Å². The van der Waals surface area contributed by atoms with Crippen molar-refractivity contribution in [3.8, 4) is 17.9 Å². The first kappa shape index (κ1) is 17.0. The second-order valence-corrected chi connectivity index (χ2v) is 5.71. The zero-order valence-electron chi connectivity index (χ0n) is 14.1. The van der Waals surface area contributed by atoms with Gasteiger partial charge < -0.3 is 4.74 Å². The summed E-state index contributed by atoms with van der Waals surface area (Å²) in [6.07, 6.45) is 1.80. The predicted octanol–water partition coefficient (Wildman–Crippen LogP) is 5.20. The van der Waals surface area contributed by atoms with E-state index in [1.807, 2.05) is 60.7 Å². The van der Waals surface area contributed by atoms with E-state index in [0.29, 0.717) is 17.7 Å². The van der Waals surface area contributed by atoms with Crippen molar-refractivity contribution in [1.29, 1.82) is 10.5 Å². The van der Waals surface area contributed by atoms with Gasteiger partial charge in [0.25, 0.3) is 0 Å². The van der Waals surface area contributed by atoms with Crippen LogP contribution < -0.4 is 4.74 Å². The minimum absolute atomic E-state index is 0.514. The van der Waals surface area contributed by atoms with Crippen LogP contribution in [0.15, 0.2) is 78.9 Å². The molecule has 3 heteroatoms. The van der Waals surface area contributed by atoms with Crippen molar-refractivity contribution in [1.82, 2.24) is 0 Å². The van der Waals surface area contributed by atoms with E-state index in [4.69, 9.17) is 10.00 Å². The maximum absolute atomic E-state index is 9.44. The number of hydrogen-bond donors (Lipinski definition) is 0. The zero-order chi connectivity index (χ0) is 18.2. The maximum atomic E-state index is 9.44. The maximum Gasteiger partial charge on any atom is 0.119 e. The highest BCUT2D eigenvalue weighted by Crippen LogP contribution is 2.21. The Morgan fingerprint density at radius 3 is 2.35 bits per heavy atom. The fraction of sp³-hybridized carbons (Fsp3) is 0.0435. The summed E-state index contributed by atoms with van der Waals surface area (Å²) < 4.78 is 5.77. The molecule has 0 atom stereocenters. The Labute approximate surface area is 153 Å². The number of nitrogens with zero attached hydrogens (tertiary/aromatic N) is 2. The van der Waals surface area contributed by atoms with Crippen molar-refractivity contribution in [2.45, 2.75) is 6.61 Å². The molecular weight excluding hydrogens is 320 g/mol. The van der Waals surface area contributed by atoms with Crippen molar-refractivity contribution in [3.05, 3.63) is 101 Å². The van der Waals surface area contributed by atoms with Crippen molar-refractivity contribution in [3.63, 3.8) is 0 Å². The molecular formula is C23H16N2O. The molecule has 0 saturated heterocycles. The molecule has 3 rings (SSSR count). The molecule has 0 aliphatic rings. The normalized spacial score (nSPS) is 10.6. The minimum atomic E-state index is 0.514. The smallest absolute Gasteiger partial charge is 0.119 e. The number of nitriles is 2. The quantitative estimate of drug-likeness (QED) is 0.475. The number of hydrogen-bond acceptors (Lipinski definition) is 3. The third kappa shape index (κ3) is 4.38. The van der Waals surface area contributed by atoms with Gasteiger partial charge in [-0.2, -0.15) is 10.5 Å². The molecule has 0 N–H and O–H groups in total. The molecule has 0 aliphatic carbocycles. The first-order valence-electron chi connectivity index (χ1n) is 8.17. The topological polar surface area (TPSA) is 56.8 Å². The summed E-state index contributed by atoms with van der Waals surface area (Å²) >= 11 is 0. The molecule has 0 spiro atoms. The summed E-state index contributed by atoms with van der Waals surface area (Å²) in [5.41, 5.74) is 3.79. The lowest BCUT2D eigenvalue weighted by molar-refractivity contribution is 0.306. The summed E-state index contributed by atoms with van der Waals surface area (Å²) in [7, 11) is 0. The fourth-order valence-electron chi connectivity index (χ4n) is 2.50. The van der Waals surface area contributed by atoms with Crippen molar-refractivity contribution < 1.29 is 4.74 Å². The Morgan fingerprint density at radius 1 is 0.885 bits per heavy atom. The summed E-state index contributed by atoms with van der Waals surface area (Å²) in [5, 5.41) is 18.4. The van der Waals surface area contributed by atoms with Crippen LogP contribution in [0.5, 0.6) is 5.75 Å². The molecule has 3 aromatic carbocycles. The van der Waals surface area contributed by atoms with Gasteiger partial charge in [0.2, 0.25) is 0 Å². The largest absolute Gasteiger partial charge is 0.489 e. The van der Waals surface area contributed by atoms with Crippen molar-refractivity contribution in [2.75, 3.05) is 0 Å². The highest BCUT2D eigenvalue weighted by molar-refractivity contribution is 5.89. The van der Waals surface area contributed by atoms with Crippen LogP contribution >= 0.6 is 0 Å². The Balaban J connectivity index is 1.73. The van der Waals surface area contributed by atoms with Crippen LogP contribution in [0.4, 0.5) is 0 Å². The molecule has 0 aromatic heterocycles. The lowest BCUT2D eigenvalue weighted by Gasteiger charge is -2.06. The lowest BCUT2D eigenvalue weighted by atomic mass is 10.0. The Morgan fingerprint density at radius 2 is 1.65 bits per heavy atom. The van der Waals surface area contributed by atoms with E-state index in [2.05, 4.69) is 12.1 Å². The number of allylic oxidation sites excluding steroid dienone is 1. The average Bonchev–Trinajstić information content (AvgIpc) is 2.72. The third-order valence-corrected chi connectivity index (χ3v) is 3.86. The third-order valence-electron chi connectivity index (χ3n) is 3.86. The van der Waals surface area contributed by atoms with E-state index >= 15 is 0 Å². The fourth-order valence-corrected chi connectivity index (χ4v) is 2.50. The second-order valence-electron chi connectivity index (χ2n) is 5.71. The van der Waals surface area contributed by atoms with E-state index in [1.54, 1.807) is 24.3 Å². The number of ether oxygens (including phenoxy) is 1. The van der Waals surface area contributed by atoms with Crippen LogP contribution in [0.25, 0.3) is 11.6 Å². The van der Waals surface area contributed by atoms with E-state index in [0.717, 1.165) is 22.4 Å². The van der Waals surface area contributed by atoms with Crippen LogP contribution in [0, 0.1) is 22.7 Å². The van der Waals surface area contributed by atoms with E-state index in [9.17, 15) is 5.26 Å². The lowest BCUT2D eigenvalue weighted by Crippen LogP contribution is -1.94. The van der Waals surface area contributed by atoms with Crippen LogP contribution in [-0.4, -0.2) is 0 Å². The summed E-state index contributed by atoms with van der Waals surface area (Å²) in [4.78, 5) is 0. The molecule has 3 nitrogen and oxygen atoms in total. The first-order chi connectivity index (χ1) is 12.8. The molecule has 0 unspecified atom stereocenters. The summed E-state index contributed by atoms with van der Waals surface area (Å²) in [5.74, 6) is 0.774. The molecule has 3 aromatic rings. The summed E-state index contributed by atoms with van der Waals surface area (Å²) in [6, 6.07) is 28.9. The molecule has 0 bridgehead atoms. The first-order valence-corrected chi connectivity index (χ1v) is 8.17. The van der Waals surface area contributed by atoms with Crippen LogP contribution in [0.1, 0.15) is 22.3 Å². The molecule has 0 fully saturated rings. The minimum Gasteiger partial charge on any atom is -0.489 e. The molecule has 0 amide bonds. The highest BCUT2D eigenvalue weighted by Gasteiger charge is 2.03. The monoisotopic (exact) mass is 336 g/mol. The van der Waals surface area contributed by atoms with Gasteiger partial charge in [0.15, 0.2) is 0 Å². The van der Waals surface area contributed by atoms with Gasteiger partial charge in [-0.05, 0) is 47.0 Å². The molecule has 0 heterocycles. The Bertz CT molecular complexity index is 991. The molecule has 0 radical (unpaired) electrons. The highest BCUT2D eigenvalue weighted by atomic mass is 16.5. The van der Waals surface area contributed by atoms with Gasteiger partial charge in [0.1, 0.15) is 12.4 Å². The van der Waals surface area contributed by atoms with Gasteiger partial charge in [-0.25, -0.2) is 0 Å². The second kappa shape index (κ2) is 8.33. The van der Waals surface area contributed by atoms with Crippen LogP contribution in [0.2, 0.25) is 0 Å². The Hall–Kier alpha value is -3.82. The van der Waals surface area contributed by atoms with Gasteiger partial charge >= 0.3 is 0 Å². The van der Waals surface area contributed by atoms with Gasteiger partial charge in [-0.3, -0.25) is 0 Å².